The van der Waals surface area contributed by atoms with E-state index in [0.717, 1.165) is 22.6 Å². The number of aromatic nitrogens is 1. The molecule has 1 saturated heterocycles. The zero-order chi connectivity index (χ0) is 11.1. The molecule has 0 radical (unpaired) electrons. The highest BCUT2D eigenvalue weighted by Gasteiger charge is 2.34. The summed E-state index contributed by atoms with van der Waals surface area (Å²) in [5, 5.41) is 0. The number of rotatable bonds is 1. The van der Waals surface area contributed by atoms with Crippen LogP contribution in [0.5, 0.6) is 0 Å². The number of likely N-dealkylation sites (N-methyl/N-ethyl adjacent to an activating group) is 1. The zero-order valence-corrected chi connectivity index (χ0v) is 10.9. The Labute approximate surface area is 104 Å². The summed E-state index contributed by atoms with van der Waals surface area (Å²) < 4.78 is 1.12. The molecule has 2 aliphatic rings. The minimum Gasteiger partial charge on any atom is -0.297 e. The van der Waals surface area contributed by atoms with Crippen LogP contribution in [-0.4, -0.2) is 29.0 Å². The van der Waals surface area contributed by atoms with Crippen LogP contribution in [0.1, 0.15) is 25.0 Å². The van der Waals surface area contributed by atoms with Crippen molar-refractivity contribution >= 4 is 21.5 Å². The smallest absolute Gasteiger partial charge is 0.0801 e. The molecule has 0 aliphatic carbocycles. The monoisotopic (exact) mass is 278 g/mol. The standard InChI is InChI=1S/C13H15BrN2/c1-16-10-4-5-11(16)8-9(7-10)13-12(14)3-2-6-15-13/h2-3,6-7,10-11H,4-5,8H2,1H3. The lowest BCUT2D eigenvalue weighted by Gasteiger charge is -2.30. The predicted octanol–water partition coefficient (Wildman–Crippen LogP) is 3.09. The van der Waals surface area contributed by atoms with Crippen LogP contribution >= 0.6 is 15.9 Å². The fourth-order valence-electron chi connectivity index (χ4n) is 2.84. The molecule has 0 N–H and O–H groups in total. The summed E-state index contributed by atoms with van der Waals surface area (Å²) in [5.74, 6) is 0. The van der Waals surface area contributed by atoms with Crippen LogP contribution in [-0.2, 0) is 0 Å². The molecule has 0 spiro atoms. The first kappa shape index (κ1) is 10.5. The number of hydrogen-bond acceptors (Lipinski definition) is 2. The summed E-state index contributed by atoms with van der Waals surface area (Å²) in [6, 6.07) is 5.39. The van der Waals surface area contributed by atoms with Gasteiger partial charge in [0, 0.05) is 22.8 Å². The van der Waals surface area contributed by atoms with E-state index in [1.807, 2.05) is 12.3 Å². The Morgan fingerprint density at radius 1 is 1.44 bits per heavy atom. The van der Waals surface area contributed by atoms with E-state index in [1.54, 1.807) is 0 Å². The zero-order valence-electron chi connectivity index (χ0n) is 9.36. The minimum atomic E-state index is 0.627. The van der Waals surface area contributed by atoms with Crippen molar-refractivity contribution in [1.29, 1.82) is 0 Å². The Morgan fingerprint density at radius 3 is 3.06 bits per heavy atom. The van der Waals surface area contributed by atoms with Gasteiger partial charge in [0.05, 0.1) is 5.69 Å². The van der Waals surface area contributed by atoms with Gasteiger partial charge in [0.1, 0.15) is 0 Å². The van der Waals surface area contributed by atoms with Crippen molar-refractivity contribution in [2.24, 2.45) is 0 Å². The van der Waals surface area contributed by atoms with E-state index in [9.17, 15) is 0 Å². The van der Waals surface area contributed by atoms with Crippen molar-refractivity contribution in [3.8, 4) is 0 Å². The fourth-order valence-corrected chi connectivity index (χ4v) is 3.35. The molecule has 2 bridgehead atoms. The number of halogens is 1. The molecule has 2 unspecified atom stereocenters. The molecule has 0 saturated carbocycles. The maximum atomic E-state index is 4.49. The molecule has 0 amide bonds. The Morgan fingerprint density at radius 2 is 2.31 bits per heavy atom. The highest BCUT2D eigenvalue weighted by atomic mass is 79.9. The fraction of sp³-hybridized carbons (Fsp3) is 0.462. The van der Waals surface area contributed by atoms with E-state index < -0.39 is 0 Å². The molecule has 0 aromatic carbocycles. The van der Waals surface area contributed by atoms with E-state index in [0.29, 0.717) is 6.04 Å². The third-order valence-electron chi connectivity index (χ3n) is 3.81. The van der Waals surface area contributed by atoms with Crippen molar-refractivity contribution < 1.29 is 0 Å². The Kier molecular flexibility index (Phi) is 2.60. The molecular weight excluding hydrogens is 264 g/mol. The summed E-state index contributed by atoms with van der Waals surface area (Å²) in [6.07, 6.45) is 8.04. The summed E-state index contributed by atoms with van der Waals surface area (Å²) in [5.41, 5.74) is 2.55. The minimum absolute atomic E-state index is 0.627. The van der Waals surface area contributed by atoms with Crippen molar-refractivity contribution in [3.05, 3.63) is 34.6 Å². The van der Waals surface area contributed by atoms with Gasteiger partial charge in [-0.25, -0.2) is 0 Å². The second-order valence-electron chi connectivity index (χ2n) is 4.69. The van der Waals surface area contributed by atoms with E-state index >= 15 is 0 Å². The number of nitrogens with zero attached hydrogens (tertiary/aromatic N) is 2. The molecule has 3 heterocycles. The quantitative estimate of drug-likeness (QED) is 0.785. The summed E-state index contributed by atoms with van der Waals surface area (Å²) >= 11 is 3.59. The molecule has 2 atom stereocenters. The first-order valence-electron chi connectivity index (χ1n) is 5.79. The van der Waals surface area contributed by atoms with Crippen LogP contribution in [0.25, 0.3) is 5.57 Å². The van der Waals surface area contributed by atoms with Gasteiger partial charge in [-0.2, -0.15) is 0 Å². The molecule has 2 nitrogen and oxygen atoms in total. The lowest BCUT2D eigenvalue weighted by atomic mass is 9.99. The molecule has 1 fully saturated rings. The Hall–Kier alpha value is -0.670. The van der Waals surface area contributed by atoms with Crippen LogP contribution in [0.15, 0.2) is 28.9 Å². The first-order chi connectivity index (χ1) is 7.75. The van der Waals surface area contributed by atoms with Crippen molar-refractivity contribution in [3.63, 3.8) is 0 Å². The van der Waals surface area contributed by atoms with E-state index in [4.69, 9.17) is 0 Å². The molecule has 1 aromatic rings. The summed E-state index contributed by atoms with van der Waals surface area (Å²) in [6.45, 7) is 0. The average Bonchev–Trinajstić information content (AvgIpc) is 2.53. The van der Waals surface area contributed by atoms with Gasteiger partial charge in [0.25, 0.3) is 0 Å². The van der Waals surface area contributed by atoms with Crippen LogP contribution in [0.4, 0.5) is 0 Å². The van der Waals surface area contributed by atoms with Gasteiger partial charge in [-0.3, -0.25) is 9.88 Å². The third-order valence-corrected chi connectivity index (χ3v) is 4.45. The maximum absolute atomic E-state index is 4.49. The van der Waals surface area contributed by atoms with Crippen molar-refractivity contribution in [2.75, 3.05) is 7.05 Å². The molecule has 84 valence electrons. The SMILES string of the molecule is CN1C2C=C(c3ncccc3Br)CC1CC2. The van der Waals surface area contributed by atoms with E-state index in [-0.39, 0.29) is 0 Å². The average molecular weight is 279 g/mol. The van der Waals surface area contributed by atoms with Gasteiger partial charge in [-0.05, 0) is 59.9 Å². The molecular formula is C13H15BrN2. The lowest BCUT2D eigenvalue weighted by Crippen LogP contribution is -2.34. The Bertz CT molecular complexity index is 441. The number of fused-ring (bicyclic) bond motifs is 2. The van der Waals surface area contributed by atoms with Gasteiger partial charge in [-0.1, -0.05) is 6.08 Å². The highest BCUT2D eigenvalue weighted by Crippen LogP contribution is 2.38. The lowest BCUT2D eigenvalue weighted by molar-refractivity contribution is 0.264. The molecule has 3 rings (SSSR count). The Balaban J connectivity index is 1.98. The maximum Gasteiger partial charge on any atom is 0.0801 e. The molecule has 16 heavy (non-hydrogen) atoms. The van der Waals surface area contributed by atoms with Crippen LogP contribution in [0.3, 0.4) is 0 Å². The van der Waals surface area contributed by atoms with Gasteiger partial charge in [0.2, 0.25) is 0 Å². The normalized spacial score (nSPS) is 29.2. The number of pyridine rings is 1. The first-order valence-corrected chi connectivity index (χ1v) is 6.58. The van der Waals surface area contributed by atoms with Crippen LogP contribution < -0.4 is 0 Å². The molecule has 3 heteroatoms. The van der Waals surface area contributed by atoms with Crippen molar-refractivity contribution in [2.45, 2.75) is 31.3 Å². The van der Waals surface area contributed by atoms with Crippen molar-refractivity contribution in [1.82, 2.24) is 9.88 Å². The molecule has 1 aromatic heterocycles. The third kappa shape index (κ3) is 1.62. The van der Waals surface area contributed by atoms with Gasteiger partial charge in [0.15, 0.2) is 0 Å². The summed E-state index contributed by atoms with van der Waals surface area (Å²) in [7, 11) is 2.24. The van der Waals surface area contributed by atoms with Gasteiger partial charge < -0.3 is 0 Å². The molecule has 2 aliphatic heterocycles. The van der Waals surface area contributed by atoms with Crippen LogP contribution in [0.2, 0.25) is 0 Å². The van der Waals surface area contributed by atoms with Gasteiger partial charge >= 0.3 is 0 Å². The van der Waals surface area contributed by atoms with Gasteiger partial charge in [-0.15, -0.1) is 0 Å². The second kappa shape index (κ2) is 3.97. The van der Waals surface area contributed by atoms with E-state index in [1.165, 1.54) is 18.4 Å². The topological polar surface area (TPSA) is 16.1 Å². The highest BCUT2D eigenvalue weighted by molar-refractivity contribution is 9.10. The predicted molar refractivity (Wildman–Crippen MR) is 69.1 cm³/mol. The van der Waals surface area contributed by atoms with Crippen LogP contribution in [0, 0.1) is 0 Å². The van der Waals surface area contributed by atoms with E-state index in [2.05, 4.69) is 45.0 Å². The summed E-state index contributed by atoms with van der Waals surface area (Å²) in [4.78, 5) is 6.99. The largest absolute Gasteiger partial charge is 0.297 e. The number of hydrogen-bond donors (Lipinski definition) is 0. The second-order valence-corrected chi connectivity index (χ2v) is 5.55.